The first-order valence-corrected chi connectivity index (χ1v) is 44.8. The SMILES string of the molecule is CC1(C)c2ccccc2-c2ccc(-c3ccc(-c4cc(-c5cccc(-c6ccc7c(c6)nc(-c6ccccc6)c6cccc(-c8ccccc8)c67)c5)nc(-c5ccccc5)n4)cc3)cc21.c1ccc(-c2nc3cc(-c4cccc(-c5cc(-c6cc7ccccc7c7ccccc67)nc(-c6cc7ccccc7c7ccccc67)n5)c4)ccc3c3c(-c4ccccc4)cccc23)cc1. The van der Waals surface area contributed by atoms with Crippen LogP contribution in [0.4, 0.5) is 0 Å². The highest BCUT2D eigenvalue weighted by molar-refractivity contribution is 6.20. The fraction of sp³-hybridized carbons (Fsp3) is 0.0240. The predicted molar refractivity (Wildman–Crippen MR) is 548 cm³/mol. The van der Waals surface area contributed by atoms with E-state index in [1.165, 1.54) is 93.3 Å². The number of rotatable bonds is 13. The van der Waals surface area contributed by atoms with Gasteiger partial charge in [-0.05, 0) is 176 Å². The van der Waals surface area contributed by atoms with Gasteiger partial charge in [-0.15, -0.1) is 0 Å². The lowest BCUT2D eigenvalue weighted by atomic mass is 9.81. The lowest BCUT2D eigenvalue weighted by Gasteiger charge is -2.22. The summed E-state index contributed by atoms with van der Waals surface area (Å²) in [5, 5.41) is 16.4. The number of fused-ring (bicyclic) bond motifs is 15. The first kappa shape index (κ1) is 77.5. The summed E-state index contributed by atoms with van der Waals surface area (Å²) in [6.45, 7) is 4.67. The zero-order valence-corrected chi connectivity index (χ0v) is 72.1. The third-order valence-corrected chi connectivity index (χ3v) is 26.5. The molecule has 20 aromatic carbocycles. The first-order chi connectivity index (χ1) is 64.7. The Balaban J connectivity index is 0.000000145. The van der Waals surface area contributed by atoms with E-state index in [2.05, 4.69) is 457 Å². The number of hydrogen-bond acceptors (Lipinski definition) is 6. The van der Waals surface area contributed by atoms with E-state index < -0.39 is 0 Å². The first-order valence-electron chi connectivity index (χ1n) is 44.8. The second-order valence-corrected chi connectivity index (χ2v) is 34.6. The Hall–Kier alpha value is -17.1. The van der Waals surface area contributed by atoms with Crippen molar-refractivity contribution in [2.75, 3.05) is 0 Å². The molecular weight excluding hydrogens is 1590 g/mol. The molecule has 0 unspecified atom stereocenters. The van der Waals surface area contributed by atoms with Crippen LogP contribution in [-0.2, 0) is 5.41 Å². The molecule has 1 aliphatic rings. The highest BCUT2D eigenvalue weighted by Gasteiger charge is 2.35. The summed E-state index contributed by atoms with van der Waals surface area (Å²) >= 11 is 0. The Morgan fingerprint density at radius 2 is 0.504 bits per heavy atom. The molecule has 1 aliphatic carbocycles. The van der Waals surface area contributed by atoms with Gasteiger partial charge < -0.3 is 0 Å². The molecule has 0 amide bonds. The molecule has 0 fully saturated rings. The van der Waals surface area contributed by atoms with Crippen LogP contribution in [0.25, 0.3) is 244 Å². The molecule has 6 heteroatoms. The van der Waals surface area contributed by atoms with Crippen molar-refractivity contribution in [3.63, 3.8) is 0 Å². The number of nitrogens with zero attached hydrogens (tertiary/aromatic N) is 6. The lowest BCUT2D eigenvalue weighted by Crippen LogP contribution is -2.14. The van der Waals surface area contributed by atoms with E-state index >= 15 is 0 Å². The van der Waals surface area contributed by atoms with Gasteiger partial charge >= 0.3 is 0 Å². The van der Waals surface area contributed by atoms with Gasteiger partial charge in [0.05, 0.1) is 45.2 Å². The van der Waals surface area contributed by atoms with E-state index in [0.29, 0.717) is 11.6 Å². The van der Waals surface area contributed by atoms with E-state index in [0.717, 1.165) is 150 Å². The molecule has 0 atom stereocenters. The predicted octanol–water partition coefficient (Wildman–Crippen LogP) is 32.9. The molecule has 6 nitrogen and oxygen atoms in total. The van der Waals surface area contributed by atoms with Gasteiger partial charge in [0.15, 0.2) is 11.6 Å². The van der Waals surface area contributed by atoms with Crippen LogP contribution >= 0.6 is 0 Å². The molecule has 4 aromatic heterocycles. The normalized spacial score (nSPS) is 12.1. The Kier molecular flexibility index (Phi) is 19.2. The molecule has 612 valence electrons. The molecule has 0 bridgehead atoms. The summed E-state index contributed by atoms with van der Waals surface area (Å²) in [4.78, 5) is 32.2. The Bertz CT molecular complexity index is 8520. The van der Waals surface area contributed by atoms with E-state index in [1.807, 2.05) is 18.2 Å². The molecule has 4 heterocycles. The molecule has 24 aromatic rings. The summed E-state index contributed by atoms with van der Waals surface area (Å²) in [7, 11) is 0. The number of benzene rings is 20. The van der Waals surface area contributed by atoms with Crippen LogP contribution in [0.15, 0.2) is 461 Å². The number of aromatic nitrogens is 6. The molecular formula is C125H82N6. The molecule has 131 heavy (non-hydrogen) atoms. The van der Waals surface area contributed by atoms with Gasteiger partial charge in [0.2, 0.25) is 0 Å². The molecule has 0 spiro atoms. The molecule has 0 aliphatic heterocycles. The fourth-order valence-corrected chi connectivity index (χ4v) is 20.1. The van der Waals surface area contributed by atoms with Crippen molar-refractivity contribution in [1.29, 1.82) is 0 Å². The second-order valence-electron chi connectivity index (χ2n) is 34.6. The van der Waals surface area contributed by atoms with Crippen LogP contribution in [0.5, 0.6) is 0 Å². The minimum absolute atomic E-state index is 0.0526. The minimum atomic E-state index is -0.0526. The smallest absolute Gasteiger partial charge is 0.161 e. The Labute approximate surface area is 759 Å². The van der Waals surface area contributed by atoms with Crippen molar-refractivity contribution in [2.24, 2.45) is 0 Å². The quantitative estimate of drug-likeness (QED) is 0.107. The standard InChI is InChI=1S/C63H39N3.C62H43N3/c1-3-17-40(18-4-1)49-31-16-32-55-61(49)54-34-33-43(38-59(54)64-62(55)41-19-5-2-6-20-41)42-23-15-24-46(35-42)58-39-60(56-36-44-21-7-9-25-47(44)50-27-11-13-29-52(50)56)66-63(65-58)57-37-45-22-8-10-26-48(45)51-28-12-14-30-53(51)57;1-62(2)54-27-13-12-24-50(54)51-34-32-46(37-55(51)62)40-28-30-42(31-29-40)56-39-57(65-61(64-56)44-20-10-5-11-21-44)48-23-14-22-45(36-48)47-33-35-52-58(38-47)63-60(43-18-8-4-9-19-43)53-26-15-25-49(59(52)53)41-16-6-3-7-17-41/h1-39H;3-39H,1-2H3. The maximum absolute atomic E-state index is 5.50. The van der Waals surface area contributed by atoms with Crippen molar-refractivity contribution in [3.05, 3.63) is 472 Å². The fourth-order valence-electron chi connectivity index (χ4n) is 20.1. The van der Waals surface area contributed by atoms with Gasteiger partial charge in [-0.1, -0.05) is 420 Å². The van der Waals surface area contributed by atoms with Gasteiger partial charge in [0.1, 0.15) is 0 Å². The van der Waals surface area contributed by atoms with Crippen LogP contribution < -0.4 is 0 Å². The van der Waals surface area contributed by atoms with Crippen molar-refractivity contribution >= 4 is 86.4 Å². The van der Waals surface area contributed by atoms with Crippen LogP contribution in [-0.4, -0.2) is 29.9 Å². The Morgan fingerprint density at radius 3 is 1.04 bits per heavy atom. The minimum Gasteiger partial charge on any atom is -0.247 e. The van der Waals surface area contributed by atoms with Crippen molar-refractivity contribution in [3.8, 4) is 157 Å². The molecule has 25 rings (SSSR count). The number of hydrogen-bond donors (Lipinski definition) is 0. The highest BCUT2D eigenvalue weighted by atomic mass is 14.9. The van der Waals surface area contributed by atoms with E-state index in [9.17, 15) is 0 Å². The highest BCUT2D eigenvalue weighted by Crippen LogP contribution is 2.51. The van der Waals surface area contributed by atoms with Crippen molar-refractivity contribution in [1.82, 2.24) is 29.9 Å². The van der Waals surface area contributed by atoms with E-state index in [1.54, 1.807) is 0 Å². The van der Waals surface area contributed by atoms with Gasteiger partial charge in [0, 0.05) is 82.2 Å². The van der Waals surface area contributed by atoms with Gasteiger partial charge in [-0.25, -0.2) is 29.9 Å². The maximum atomic E-state index is 5.50. The van der Waals surface area contributed by atoms with Crippen molar-refractivity contribution in [2.45, 2.75) is 19.3 Å². The van der Waals surface area contributed by atoms with E-state index in [-0.39, 0.29) is 5.41 Å². The summed E-state index contributed by atoms with van der Waals surface area (Å²) in [6.07, 6.45) is 0. The number of pyridine rings is 2. The summed E-state index contributed by atoms with van der Waals surface area (Å²) in [6, 6.07) is 165. The third-order valence-electron chi connectivity index (χ3n) is 26.5. The van der Waals surface area contributed by atoms with Gasteiger partial charge in [-0.3, -0.25) is 0 Å². The van der Waals surface area contributed by atoms with Crippen LogP contribution in [0, 0.1) is 0 Å². The summed E-state index contributed by atoms with van der Waals surface area (Å²) < 4.78 is 0. The zero-order chi connectivity index (χ0) is 87.0. The molecule has 0 radical (unpaired) electrons. The summed E-state index contributed by atoms with van der Waals surface area (Å²) in [5.41, 5.74) is 32.5. The van der Waals surface area contributed by atoms with Gasteiger partial charge in [0.25, 0.3) is 0 Å². The maximum Gasteiger partial charge on any atom is 0.161 e. The molecule has 0 N–H and O–H groups in total. The lowest BCUT2D eigenvalue weighted by molar-refractivity contribution is 0.660. The zero-order valence-electron chi connectivity index (χ0n) is 72.1. The van der Waals surface area contributed by atoms with Crippen LogP contribution in [0.2, 0.25) is 0 Å². The van der Waals surface area contributed by atoms with Crippen LogP contribution in [0.1, 0.15) is 25.0 Å². The Morgan fingerprint density at radius 1 is 0.160 bits per heavy atom. The average Bonchev–Trinajstić information content (AvgIpc) is 1.46. The van der Waals surface area contributed by atoms with E-state index in [4.69, 9.17) is 29.9 Å². The topological polar surface area (TPSA) is 77.3 Å². The summed E-state index contributed by atoms with van der Waals surface area (Å²) in [5.74, 6) is 1.38. The van der Waals surface area contributed by atoms with Gasteiger partial charge in [-0.2, -0.15) is 0 Å². The third kappa shape index (κ3) is 14.0. The van der Waals surface area contributed by atoms with Crippen LogP contribution in [0.3, 0.4) is 0 Å². The largest absolute Gasteiger partial charge is 0.247 e. The van der Waals surface area contributed by atoms with Crippen molar-refractivity contribution < 1.29 is 0 Å². The monoisotopic (exact) mass is 1670 g/mol. The molecule has 0 saturated heterocycles. The molecule has 0 saturated carbocycles. The second kappa shape index (κ2) is 32.4. The average molecular weight is 1670 g/mol.